The lowest BCUT2D eigenvalue weighted by Gasteiger charge is -2.14. The van der Waals surface area contributed by atoms with Gasteiger partial charge in [0.15, 0.2) is 0 Å². The van der Waals surface area contributed by atoms with Crippen LogP contribution < -0.4 is 4.74 Å². The largest absolute Gasteiger partial charge is 0.494 e. The van der Waals surface area contributed by atoms with Gasteiger partial charge in [0, 0.05) is 0 Å². The first kappa shape index (κ1) is 27.4. The smallest absolute Gasteiger partial charge is 0.338 e. The molecule has 0 unspecified atom stereocenters. The molecule has 0 saturated carbocycles. The summed E-state index contributed by atoms with van der Waals surface area (Å²) in [6, 6.07) is 12.5. The molecule has 0 bridgehead atoms. The van der Waals surface area contributed by atoms with Gasteiger partial charge in [-0.3, -0.25) is 0 Å². The van der Waals surface area contributed by atoms with Gasteiger partial charge in [-0.15, -0.1) is 0 Å². The normalized spacial score (nSPS) is 11.6. The van der Waals surface area contributed by atoms with E-state index in [9.17, 15) is 9.59 Å². The molecule has 5 nitrogen and oxygen atoms in total. The van der Waals surface area contributed by atoms with E-state index < -0.39 is 5.97 Å². The van der Waals surface area contributed by atoms with E-state index in [1.54, 1.807) is 24.3 Å². The first-order chi connectivity index (χ1) is 16.5. The van der Waals surface area contributed by atoms with Crippen LogP contribution in [-0.2, 0) is 9.47 Å². The van der Waals surface area contributed by atoms with E-state index in [1.807, 2.05) is 25.1 Å². The van der Waals surface area contributed by atoms with Crippen molar-refractivity contribution in [2.45, 2.75) is 84.7 Å². The Bertz CT molecular complexity index is 888. The average molecular weight is 469 g/mol. The number of unbranched alkanes of at least 4 members (excludes halogenated alkanes) is 6. The topological polar surface area (TPSA) is 61.8 Å². The number of carbonyl (C=O) groups excluding carboxylic acids is 2. The Morgan fingerprint density at radius 1 is 0.824 bits per heavy atom. The highest BCUT2D eigenvalue weighted by Crippen LogP contribution is 2.29. The van der Waals surface area contributed by atoms with E-state index in [0.717, 1.165) is 37.7 Å². The Morgan fingerprint density at radius 3 is 2.15 bits per heavy atom. The minimum absolute atomic E-state index is 0.110. The Morgan fingerprint density at radius 2 is 1.50 bits per heavy atom. The first-order valence-corrected chi connectivity index (χ1v) is 12.7. The van der Waals surface area contributed by atoms with Crippen molar-refractivity contribution < 1.29 is 23.8 Å². The number of hydrogen-bond donors (Lipinski definition) is 0. The molecule has 5 heteroatoms. The number of hydrogen-bond acceptors (Lipinski definition) is 5. The molecule has 2 aromatic rings. The van der Waals surface area contributed by atoms with E-state index in [1.165, 1.54) is 32.8 Å². The lowest BCUT2D eigenvalue weighted by molar-refractivity contribution is 0.0319. The van der Waals surface area contributed by atoms with Crippen LogP contribution in [-0.4, -0.2) is 31.8 Å². The summed E-state index contributed by atoms with van der Waals surface area (Å²) in [4.78, 5) is 24.9. The van der Waals surface area contributed by atoms with Crippen LogP contribution in [0.5, 0.6) is 5.75 Å². The fraction of sp³-hybridized carbons (Fsp3) is 0.517. The highest BCUT2D eigenvalue weighted by Gasteiger charge is 2.16. The number of ether oxygens (including phenoxy) is 3. The lowest BCUT2D eigenvalue weighted by Crippen LogP contribution is -2.15. The molecule has 34 heavy (non-hydrogen) atoms. The molecule has 0 heterocycles. The Balaban J connectivity index is 2.10. The molecule has 0 fully saturated rings. The van der Waals surface area contributed by atoms with Gasteiger partial charge in [0.05, 0.1) is 30.9 Å². The SMILES string of the molecule is CCCCCCOc1ccc(C(=O)OC)c(-c2ccc(C(=O)O[C@H](C)CCCCCC)cc2)c1. The van der Waals surface area contributed by atoms with E-state index in [4.69, 9.17) is 14.2 Å². The van der Waals surface area contributed by atoms with Crippen LogP contribution in [0.3, 0.4) is 0 Å². The third-order valence-electron chi connectivity index (χ3n) is 5.87. The number of carbonyl (C=O) groups is 2. The van der Waals surface area contributed by atoms with Crippen molar-refractivity contribution in [2.75, 3.05) is 13.7 Å². The van der Waals surface area contributed by atoms with Crippen LogP contribution in [0.1, 0.15) is 99.3 Å². The summed E-state index contributed by atoms with van der Waals surface area (Å²) in [6.07, 6.45) is 9.90. The van der Waals surface area contributed by atoms with Crippen molar-refractivity contribution in [1.29, 1.82) is 0 Å². The minimum Gasteiger partial charge on any atom is -0.494 e. The highest BCUT2D eigenvalue weighted by molar-refractivity contribution is 5.98. The molecule has 0 aliphatic carbocycles. The molecule has 0 radical (unpaired) electrons. The van der Waals surface area contributed by atoms with Gasteiger partial charge >= 0.3 is 11.9 Å². The highest BCUT2D eigenvalue weighted by atomic mass is 16.5. The van der Waals surface area contributed by atoms with Gasteiger partial charge in [0.2, 0.25) is 0 Å². The van der Waals surface area contributed by atoms with Gasteiger partial charge in [0.25, 0.3) is 0 Å². The number of benzene rings is 2. The molecular weight excluding hydrogens is 428 g/mol. The van der Waals surface area contributed by atoms with Gasteiger partial charge < -0.3 is 14.2 Å². The van der Waals surface area contributed by atoms with Crippen molar-refractivity contribution in [1.82, 2.24) is 0 Å². The standard InChI is InChI=1S/C29H40O5/c1-5-7-9-11-13-22(3)34-28(30)24-16-14-23(15-17-24)27-21-25(33-20-12-10-8-6-2)18-19-26(27)29(31)32-4/h14-19,21-22H,5-13,20H2,1-4H3/t22-/m1/s1. The molecule has 0 aliphatic rings. The third-order valence-corrected chi connectivity index (χ3v) is 5.87. The second-order valence-electron chi connectivity index (χ2n) is 8.75. The molecule has 0 N–H and O–H groups in total. The fourth-order valence-corrected chi connectivity index (χ4v) is 3.81. The van der Waals surface area contributed by atoms with Crippen LogP contribution in [0.4, 0.5) is 0 Å². The zero-order valence-electron chi connectivity index (χ0n) is 21.2. The summed E-state index contributed by atoms with van der Waals surface area (Å²) in [5.41, 5.74) is 2.46. The molecule has 2 aromatic carbocycles. The van der Waals surface area contributed by atoms with Crippen LogP contribution in [0, 0.1) is 0 Å². The van der Waals surface area contributed by atoms with Crippen molar-refractivity contribution in [3.05, 3.63) is 53.6 Å². The monoisotopic (exact) mass is 468 g/mol. The second-order valence-corrected chi connectivity index (χ2v) is 8.75. The molecular formula is C29H40O5. The van der Waals surface area contributed by atoms with Crippen molar-refractivity contribution >= 4 is 11.9 Å². The number of methoxy groups -OCH3 is 1. The molecule has 1 atom stereocenters. The zero-order valence-corrected chi connectivity index (χ0v) is 21.2. The Labute approximate surface area is 204 Å². The molecule has 0 amide bonds. The van der Waals surface area contributed by atoms with Gasteiger partial charge in [-0.1, -0.05) is 64.5 Å². The molecule has 0 aromatic heterocycles. The van der Waals surface area contributed by atoms with Crippen LogP contribution >= 0.6 is 0 Å². The summed E-state index contributed by atoms with van der Waals surface area (Å²) in [6.45, 7) is 6.94. The summed E-state index contributed by atoms with van der Waals surface area (Å²) in [5.74, 6) is -0.0312. The number of esters is 2. The van der Waals surface area contributed by atoms with Gasteiger partial charge in [0.1, 0.15) is 5.75 Å². The first-order valence-electron chi connectivity index (χ1n) is 12.7. The van der Waals surface area contributed by atoms with Crippen molar-refractivity contribution in [3.63, 3.8) is 0 Å². The Kier molecular flexibility index (Phi) is 12.2. The number of rotatable bonds is 15. The van der Waals surface area contributed by atoms with Crippen LogP contribution in [0.15, 0.2) is 42.5 Å². The van der Waals surface area contributed by atoms with Gasteiger partial charge in [-0.05, 0) is 67.6 Å². The second kappa shape index (κ2) is 15.2. The minimum atomic E-state index is -0.412. The van der Waals surface area contributed by atoms with Crippen LogP contribution in [0.25, 0.3) is 11.1 Å². The van der Waals surface area contributed by atoms with Crippen molar-refractivity contribution in [3.8, 4) is 16.9 Å². The van der Waals surface area contributed by atoms with E-state index in [2.05, 4.69) is 13.8 Å². The molecule has 2 rings (SSSR count). The maximum atomic E-state index is 12.5. The summed E-state index contributed by atoms with van der Waals surface area (Å²) in [7, 11) is 1.37. The molecule has 0 spiro atoms. The lowest BCUT2D eigenvalue weighted by atomic mass is 9.98. The predicted molar refractivity (Wildman–Crippen MR) is 136 cm³/mol. The molecule has 0 aliphatic heterocycles. The maximum Gasteiger partial charge on any atom is 0.338 e. The van der Waals surface area contributed by atoms with E-state index >= 15 is 0 Å². The maximum absolute atomic E-state index is 12.5. The van der Waals surface area contributed by atoms with E-state index in [-0.39, 0.29) is 12.1 Å². The van der Waals surface area contributed by atoms with Crippen molar-refractivity contribution in [2.24, 2.45) is 0 Å². The molecule has 186 valence electrons. The zero-order chi connectivity index (χ0) is 24.8. The third kappa shape index (κ3) is 8.85. The fourth-order valence-electron chi connectivity index (χ4n) is 3.81. The van der Waals surface area contributed by atoms with E-state index in [0.29, 0.717) is 29.0 Å². The van der Waals surface area contributed by atoms with Crippen LogP contribution in [0.2, 0.25) is 0 Å². The summed E-state index contributed by atoms with van der Waals surface area (Å²) < 4.78 is 16.5. The van der Waals surface area contributed by atoms with Gasteiger partial charge in [-0.2, -0.15) is 0 Å². The summed E-state index contributed by atoms with van der Waals surface area (Å²) in [5, 5.41) is 0. The quantitative estimate of drug-likeness (QED) is 0.199. The average Bonchev–Trinajstić information content (AvgIpc) is 2.86. The Hall–Kier alpha value is -2.82. The van der Waals surface area contributed by atoms with Gasteiger partial charge in [-0.25, -0.2) is 9.59 Å². The predicted octanol–water partition coefficient (Wildman–Crippen LogP) is 7.62. The molecule has 0 saturated heterocycles. The summed E-state index contributed by atoms with van der Waals surface area (Å²) >= 11 is 0.